The van der Waals surface area contributed by atoms with Crippen molar-refractivity contribution >= 4 is 17.7 Å². The molecule has 0 radical (unpaired) electrons. The molecule has 0 spiro atoms. The van der Waals surface area contributed by atoms with Gasteiger partial charge in [0.2, 0.25) is 12.7 Å². The number of aromatic nitrogens is 2. The fraction of sp³-hybridized carbons (Fsp3) is 0.238. The zero-order valence-electron chi connectivity index (χ0n) is 16.2. The number of fused-ring (bicyclic) bond motifs is 1. The van der Waals surface area contributed by atoms with Crippen LogP contribution in [0, 0.1) is 0 Å². The fourth-order valence-corrected chi connectivity index (χ4v) is 3.89. The summed E-state index contributed by atoms with van der Waals surface area (Å²) >= 11 is 1.41. The lowest BCUT2D eigenvalue weighted by atomic mass is 10.2. The van der Waals surface area contributed by atoms with Crippen molar-refractivity contribution in [2.75, 3.05) is 26.7 Å². The average molecular weight is 411 g/mol. The highest BCUT2D eigenvalue weighted by Crippen LogP contribution is 2.32. The third-order valence-electron chi connectivity index (χ3n) is 4.56. The van der Waals surface area contributed by atoms with E-state index in [2.05, 4.69) is 4.98 Å². The van der Waals surface area contributed by atoms with E-state index in [1.165, 1.54) is 11.8 Å². The molecule has 1 aromatic heterocycles. The minimum absolute atomic E-state index is 0.0250. The first-order valence-corrected chi connectivity index (χ1v) is 10.1. The predicted octanol–water partition coefficient (Wildman–Crippen LogP) is 3.36. The molecule has 0 aliphatic carbocycles. The van der Waals surface area contributed by atoms with Crippen molar-refractivity contribution < 1.29 is 19.0 Å². The minimum atomic E-state index is 0.0250. The number of benzene rings is 2. The number of carbonyl (C=O) groups is 1. The second kappa shape index (κ2) is 8.48. The summed E-state index contributed by atoms with van der Waals surface area (Å²) in [7, 11) is 3.43. The number of nitrogens with zero attached hydrogens (tertiary/aromatic N) is 3. The summed E-state index contributed by atoms with van der Waals surface area (Å²) in [5, 5.41) is 0.764. The lowest BCUT2D eigenvalue weighted by Gasteiger charge is -2.17. The minimum Gasteiger partial charge on any atom is -0.497 e. The molecule has 4 rings (SSSR count). The first-order valence-electron chi connectivity index (χ1n) is 9.07. The van der Waals surface area contributed by atoms with Crippen LogP contribution in [-0.2, 0) is 11.3 Å². The quantitative estimate of drug-likeness (QED) is 0.556. The number of hydrogen-bond donors (Lipinski definition) is 0. The topological polar surface area (TPSA) is 65.8 Å². The molecular formula is C21H21N3O4S. The third kappa shape index (κ3) is 4.32. The van der Waals surface area contributed by atoms with Gasteiger partial charge in [0, 0.05) is 31.7 Å². The molecule has 1 amide bonds. The van der Waals surface area contributed by atoms with Gasteiger partial charge in [0.1, 0.15) is 5.75 Å². The molecule has 150 valence electrons. The molecule has 0 bridgehead atoms. The number of rotatable bonds is 7. The molecule has 8 heteroatoms. The Morgan fingerprint density at radius 1 is 1.21 bits per heavy atom. The third-order valence-corrected chi connectivity index (χ3v) is 5.52. The molecule has 0 saturated heterocycles. The summed E-state index contributed by atoms with van der Waals surface area (Å²) in [5.74, 6) is 2.58. The number of imidazole rings is 1. The molecule has 1 aliphatic heterocycles. The molecule has 0 N–H and O–H groups in total. The first kappa shape index (κ1) is 19.2. The molecule has 2 aromatic carbocycles. The Kier molecular flexibility index (Phi) is 5.62. The molecule has 1 aliphatic rings. The van der Waals surface area contributed by atoms with E-state index in [9.17, 15) is 4.79 Å². The molecule has 2 heterocycles. The van der Waals surface area contributed by atoms with Gasteiger partial charge in [-0.15, -0.1) is 0 Å². The van der Waals surface area contributed by atoms with Gasteiger partial charge in [0.25, 0.3) is 0 Å². The number of hydrogen-bond acceptors (Lipinski definition) is 6. The summed E-state index contributed by atoms with van der Waals surface area (Å²) in [6, 6.07) is 13.4. The largest absolute Gasteiger partial charge is 0.497 e. The average Bonchev–Trinajstić information content (AvgIpc) is 3.41. The van der Waals surface area contributed by atoms with Gasteiger partial charge in [0.05, 0.1) is 12.9 Å². The van der Waals surface area contributed by atoms with E-state index in [4.69, 9.17) is 14.2 Å². The second-order valence-corrected chi connectivity index (χ2v) is 7.45. The van der Waals surface area contributed by atoms with E-state index in [1.54, 1.807) is 25.3 Å². The van der Waals surface area contributed by atoms with Crippen molar-refractivity contribution in [1.82, 2.24) is 14.5 Å². The van der Waals surface area contributed by atoms with E-state index < -0.39 is 0 Å². The smallest absolute Gasteiger partial charge is 0.233 e. The van der Waals surface area contributed by atoms with Crippen molar-refractivity contribution in [3.8, 4) is 22.9 Å². The van der Waals surface area contributed by atoms with E-state index >= 15 is 0 Å². The van der Waals surface area contributed by atoms with Gasteiger partial charge >= 0.3 is 0 Å². The van der Waals surface area contributed by atoms with Crippen molar-refractivity contribution in [2.45, 2.75) is 11.7 Å². The maximum atomic E-state index is 12.6. The van der Waals surface area contributed by atoms with Crippen molar-refractivity contribution in [3.63, 3.8) is 0 Å². The van der Waals surface area contributed by atoms with E-state index in [1.807, 2.05) is 53.2 Å². The molecule has 0 unspecified atom stereocenters. The van der Waals surface area contributed by atoms with Gasteiger partial charge in [-0.2, -0.15) is 0 Å². The van der Waals surface area contributed by atoms with E-state index in [0.717, 1.165) is 33.7 Å². The number of amides is 1. The van der Waals surface area contributed by atoms with Crippen LogP contribution >= 0.6 is 11.8 Å². The van der Waals surface area contributed by atoms with Crippen LogP contribution < -0.4 is 14.2 Å². The van der Waals surface area contributed by atoms with Crippen molar-refractivity contribution in [3.05, 3.63) is 60.4 Å². The predicted molar refractivity (Wildman–Crippen MR) is 110 cm³/mol. The van der Waals surface area contributed by atoms with E-state index in [0.29, 0.717) is 12.3 Å². The molecule has 0 fully saturated rings. The highest BCUT2D eigenvalue weighted by Gasteiger charge is 2.16. The Balaban J connectivity index is 1.36. The number of methoxy groups -OCH3 is 1. The highest BCUT2D eigenvalue weighted by atomic mass is 32.2. The molecule has 0 atom stereocenters. The van der Waals surface area contributed by atoms with Gasteiger partial charge in [-0.3, -0.25) is 9.36 Å². The summed E-state index contributed by atoms with van der Waals surface area (Å²) < 4.78 is 17.9. The molecule has 0 saturated carbocycles. The Bertz CT molecular complexity index is 1000. The fourth-order valence-electron chi connectivity index (χ4n) is 2.97. The van der Waals surface area contributed by atoms with Crippen LogP contribution in [0.3, 0.4) is 0 Å². The van der Waals surface area contributed by atoms with Crippen LogP contribution in [0.4, 0.5) is 0 Å². The van der Waals surface area contributed by atoms with Crippen molar-refractivity contribution in [2.24, 2.45) is 0 Å². The summed E-state index contributed by atoms with van der Waals surface area (Å²) in [4.78, 5) is 18.7. The first-order chi connectivity index (χ1) is 14.1. The lowest BCUT2D eigenvalue weighted by Crippen LogP contribution is -2.27. The Hall–Kier alpha value is -3.13. The zero-order chi connectivity index (χ0) is 20.2. The maximum Gasteiger partial charge on any atom is 0.233 e. The van der Waals surface area contributed by atoms with Crippen LogP contribution in [0.25, 0.3) is 5.69 Å². The normalized spacial score (nSPS) is 12.1. The number of carbonyl (C=O) groups excluding carboxylic acids is 1. The van der Waals surface area contributed by atoms with Gasteiger partial charge in [0.15, 0.2) is 16.7 Å². The van der Waals surface area contributed by atoms with Crippen LogP contribution in [0.5, 0.6) is 17.2 Å². The molecule has 3 aromatic rings. The number of thioether (sulfide) groups is 1. The summed E-state index contributed by atoms with van der Waals surface area (Å²) in [6.45, 7) is 0.744. The standard InChI is InChI=1S/C21H21N3O4S/c1-23(12-15-3-8-18-19(11-15)28-14-27-18)20(25)13-29-21-22-9-10-24(21)16-4-6-17(26-2)7-5-16/h3-11H,12-14H2,1-2H3. The Morgan fingerprint density at radius 3 is 2.79 bits per heavy atom. The van der Waals surface area contributed by atoms with E-state index in [-0.39, 0.29) is 12.7 Å². The van der Waals surface area contributed by atoms with Gasteiger partial charge in [-0.1, -0.05) is 17.8 Å². The van der Waals surface area contributed by atoms with Crippen molar-refractivity contribution in [1.29, 1.82) is 0 Å². The number of ether oxygens (including phenoxy) is 3. The van der Waals surface area contributed by atoms with Crippen LogP contribution in [0.2, 0.25) is 0 Å². The summed E-state index contributed by atoms with van der Waals surface area (Å²) in [5.41, 5.74) is 1.96. The van der Waals surface area contributed by atoms with Gasteiger partial charge in [-0.05, 0) is 42.0 Å². The monoisotopic (exact) mass is 411 g/mol. The van der Waals surface area contributed by atoms with Crippen LogP contribution in [0.1, 0.15) is 5.56 Å². The maximum absolute atomic E-state index is 12.6. The second-order valence-electron chi connectivity index (χ2n) is 6.50. The lowest BCUT2D eigenvalue weighted by molar-refractivity contribution is -0.127. The highest BCUT2D eigenvalue weighted by molar-refractivity contribution is 7.99. The summed E-state index contributed by atoms with van der Waals surface area (Å²) in [6.07, 6.45) is 3.61. The SMILES string of the molecule is COc1ccc(-n2ccnc2SCC(=O)N(C)Cc2ccc3c(c2)OCO3)cc1. The molecule has 7 nitrogen and oxygen atoms in total. The molecular weight excluding hydrogens is 390 g/mol. The zero-order valence-corrected chi connectivity index (χ0v) is 17.0. The Labute approximate surface area is 173 Å². The molecule has 29 heavy (non-hydrogen) atoms. The van der Waals surface area contributed by atoms with Gasteiger partial charge < -0.3 is 19.1 Å². The van der Waals surface area contributed by atoms with Crippen LogP contribution in [0.15, 0.2) is 60.0 Å². The van der Waals surface area contributed by atoms with Gasteiger partial charge in [-0.25, -0.2) is 4.98 Å². The van der Waals surface area contributed by atoms with Crippen LogP contribution in [-0.4, -0.2) is 47.1 Å². The Morgan fingerprint density at radius 2 is 2.00 bits per heavy atom.